The predicted molar refractivity (Wildman–Crippen MR) is 85.5 cm³/mol. The van der Waals surface area contributed by atoms with Crippen LogP contribution in [0.1, 0.15) is 47.0 Å². The van der Waals surface area contributed by atoms with Crippen molar-refractivity contribution in [2.45, 2.75) is 53.1 Å². The summed E-state index contributed by atoms with van der Waals surface area (Å²) < 4.78 is 37.7. The van der Waals surface area contributed by atoms with E-state index in [2.05, 4.69) is 20.4 Å². The zero-order valence-electron chi connectivity index (χ0n) is 14.0. The molecular weight excluding hydrogens is 307 g/mol. The van der Waals surface area contributed by atoms with E-state index in [9.17, 15) is 18.0 Å². The first-order valence-electron chi connectivity index (χ1n) is 7.48. The summed E-state index contributed by atoms with van der Waals surface area (Å²) in [5, 5.41) is 9.14. The molecule has 0 amide bonds. The molecule has 0 bridgehead atoms. The molecule has 1 heterocycles. The molecule has 23 heavy (non-hydrogen) atoms. The van der Waals surface area contributed by atoms with Crippen molar-refractivity contribution in [1.29, 1.82) is 0 Å². The third-order valence-electron chi connectivity index (χ3n) is 2.92. The number of hydrogen-bond acceptors (Lipinski definition) is 2. The molecule has 3 nitrogen and oxygen atoms in total. The van der Waals surface area contributed by atoms with Gasteiger partial charge >= 0.3 is 12.1 Å². The Morgan fingerprint density at radius 3 is 2.17 bits per heavy atom. The fraction of sp³-hybridized carbons (Fsp3) is 0.471. The van der Waals surface area contributed by atoms with E-state index in [1.165, 1.54) is 17.5 Å². The summed E-state index contributed by atoms with van der Waals surface area (Å²) in [4.78, 5) is 12.5. The van der Waals surface area contributed by atoms with Crippen molar-refractivity contribution in [2.75, 3.05) is 0 Å². The fourth-order valence-corrected chi connectivity index (χ4v) is 1.89. The van der Waals surface area contributed by atoms with Gasteiger partial charge in [0.2, 0.25) is 0 Å². The number of halogens is 3. The lowest BCUT2D eigenvalue weighted by atomic mass is 10.1. The molecule has 0 aromatic rings. The monoisotopic (exact) mass is 331 g/mol. The average molecular weight is 331 g/mol. The quantitative estimate of drug-likeness (QED) is 0.702. The van der Waals surface area contributed by atoms with Gasteiger partial charge in [-0.1, -0.05) is 40.2 Å². The first-order chi connectivity index (χ1) is 10.6. The van der Waals surface area contributed by atoms with Crippen LogP contribution in [0.4, 0.5) is 13.2 Å². The van der Waals surface area contributed by atoms with E-state index in [4.69, 9.17) is 5.11 Å². The molecular formula is C17H24F3NO2. The molecule has 1 N–H and O–H groups in total. The number of aliphatic carboxylic acids is 1. The zero-order chi connectivity index (χ0) is 18.2. The Kier molecular flexibility index (Phi) is 8.43. The van der Waals surface area contributed by atoms with Crippen LogP contribution in [-0.4, -0.2) is 22.2 Å². The molecule has 6 heteroatoms. The zero-order valence-corrected chi connectivity index (χ0v) is 14.0. The lowest BCUT2D eigenvalue weighted by Gasteiger charge is -2.27. The lowest BCUT2D eigenvalue weighted by Crippen LogP contribution is -2.22. The molecule has 1 aliphatic heterocycles. The van der Waals surface area contributed by atoms with Gasteiger partial charge < -0.3 is 10.0 Å². The molecule has 0 aromatic heterocycles. The molecule has 0 unspecified atom stereocenters. The maximum atomic E-state index is 12.6. The van der Waals surface area contributed by atoms with Gasteiger partial charge in [-0.3, -0.25) is 0 Å². The number of carbonyl (C=O) groups is 1. The maximum absolute atomic E-state index is 12.6. The summed E-state index contributed by atoms with van der Waals surface area (Å²) in [7, 11) is 0. The van der Waals surface area contributed by atoms with Crippen LogP contribution in [0, 0.1) is 0 Å². The largest absolute Gasteiger partial charge is 0.478 e. The highest BCUT2D eigenvalue weighted by molar-refractivity contribution is 5.87. The maximum Gasteiger partial charge on any atom is 0.416 e. The second kappa shape index (κ2) is 9.22. The average Bonchev–Trinajstić information content (AvgIpc) is 2.43. The molecule has 0 fully saturated rings. The summed E-state index contributed by atoms with van der Waals surface area (Å²) in [6.45, 7) is 11.2. The summed E-state index contributed by atoms with van der Waals surface area (Å²) in [6, 6.07) is 0. The summed E-state index contributed by atoms with van der Waals surface area (Å²) in [5.74, 6) is -1.07. The minimum atomic E-state index is -4.44. The van der Waals surface area contributed by atoms with Gasteiger partial charge in [0.15, 0.2) is 0 Å². The number of hydrogen-bond donors (Lipinski definition) is 1. The normalized spacial score (nSPS) is 15.5. The van der Waals surface area contributed by atoms with E-state index in [0.717, 1.165) is 12.2 Å². The van der Waals surface area contributed by atoms with Crippen LogP contribution >= 0.6 is 0 Å². The van der Waals surface area contributed by atoms with Crippen molar-refractivity contribution in [3.63, 3.8) is 0 Å². The van der Waals surface area contributed by atoms with E-state index in [1.54, 1.807) is 6.92 Å². The van der Waals surface area contributed by atoms with Gasteiger partial charge in [-0.15, -0.1) is 0 Å². The third-order valence-corrected chi connectivity index (χ3v) is 2.92. The molecule has 130 valence electrons. The number of nitrogens with zero attached hydrogens (tertiary/aromatic N) is 1. The van der Waals surface area contributed by atoms with E-state index in [1.807, 2.05) is 6.92 Å². The Hall–Kier alpha value is -1.98. The number of alkyl halides is 3. The van der Waals surface area contributed by atoms with Gasteiger partial charge in [-0.2, -0.15) is 13.2 Å². The van der Waals surface area contributed by atoms with Gasteiger partial charge in [-0.05, 0) is 25.5 Å². The second-order valence-electron chi connectivity index (χ2n) is 5.10. The number of carboxylic acids is 1. The highest BCUT2D eigenvalue weighted by Gasteiger charge is 2.34. The van der Waals surface area contributed by atoms with Crippen LogP contribution < -0.4 is 0 Å². The Balaban J connectivity index is 0.00000149. The fourth-order valence-electron chi connectivity index (χ4n) is 1.89. The first kappa shape index (κ1) is 21.0. The number of allylic oxidation sites excluding steroid dienone is 4. The molecule has 1 aliphatic rings. The van der Waals surface area contributed by atoms with E-state index in [0.29, 0.717) is 18.5 Å². The summed E-state index contributed by atoms with van der Waals surface area (Å²) >= 11 is 0. The van der Waals surface area contributed by atoms with Gasteiger partial charge in [0.25, 0.3) is 0 Å². The van der Waals surface area contributed by atoms with E-state index >= 15 is 0 Å². The lowest BCUT2D eigenvalue weighted by molar-refractivity contribution is -0.133. The van der Waals surface area contributed by atoms with E-state index in [-0.39, 0.29) is 11.3 Å². The second-order valence-corrected chi connectivity index (χ2v) is 5.10. The van der Waals surface area contributed by atoms with Crippen LogP contribution in [0.25, 0.3) is 0 Å². The molecule has 1 rings (SSSR count). The van der Waals surface area contributed by atoms with E-state index < -0.39 is 17.7 Å². The van der Waals surface area contributed by atoms with Gasteiger partial charge in [-0.25, -0.2) is 4.79 Å². The van der Waals surface area contributed by atoms with Crippen LogP contribution in [0.2, 0.25) is 0 Å². The molecule has 0 aliphatic carbocycles. The Morgan fingerprint density at radius 1 is 1.30 bits per heavy atom. The van der Waals surface area contributed by atoms with Crippen molar-refractivity contribution in [1.82, 2.24) is 4.90 Å². The molecule has 0 spiro atoms. The number of rotatable bonds is 4. The van der Waals surface area contributed by atoms with Crippen molar-refractivity contribution >= 4 is 5.97 Å². The molecule has 0 atom stereocenters. The highest BCUT2D eigenvalue weighted by Crippen LogP contribution is 2.32. The summed E-state index contributed by atoms with van der Waals surface area (Å²) in [6.07, 6.45) is 0.779. The Bertz CT molecular complexity index is 528. The molecule has 0 saturated heterocycles. The van der Waals surface area contributed by atoms with Gasteiger partial charge in [0.1, 0.15) is 0 Å². The Morgan fingerprint density at radius 2 is 1.83 bits per heavy atom. The Labute approximate surface area is 135 Å². The molecule has 0 aromatic carbocycles. The van der Waals surface area contributed by atoms with Crippen LogP contribution in [0.5, 0.6) is 0 Å². The van der Waals surface area contributed by atoms with Crippen LogP contribution in [-0.2, 0) is 4.79 Å². The van der Waals surface area contributed by atoms with Crippen molar-refractivity contribution in [3.05, 3.63) is 47.5 Å². The summed E-state index contributed by atoms with van der Waals surface area (Å²) in [5.41, 5.74) is -0.175. The first-order valence-corrected chi connectivity index (χ1v) is 7.48. The minimum Gasteiger partial charge on any atom is -0.478 e. The standard InChI is InChI=1S/C14H16F3NO2.C3H8/c1-4-5-12(13(19)20)10(3)18-7-6-11(8-9(18)2)14(15,16)17;1-3-2/h6-8H,2,4-5H2,1,3H3,(H,19,20);3H2,1-2H3/b12-10+;. The molecule has 0 radical (unpaired) electrons. The van der Waals surface area contributed by atoms with Crippen molar-refractivity contribution in [3.8, 4) is 0 Å². The number of carboxylic acid groups (broad SMARTS) is 1. The van der Waals surface area contributed by atoms with Crippen molar-refractivity contribution in [2.24, 2.45) is 0 Å². The van der Waals surface area contributed by atoms with Gasteiger partial charge in [0.05, 0.1) is 11.1 Å². The van der Waals surface area contributed by atoms with Crippen molar-refractivity contribution < 1.29 is 23.1 Å². The van der Waals surface area contributed by atoms with Gasteiger partial charge in [0, 0.05) is 17.6 Å². The predicted octanol–water partition coefficient (Wildman–Crippen LogP) is 5.39. The SMILES string of the molecule is C=C1C=C(C(F)(F)F)C=CN1/C(C)=C(\CCC)C(=O)O.CCC. The smallest absolute Gasteiger partial charge is 0.416 e. The molecule has 0 saturated carbocycles. The van der Waals surface area contributed by atoms with Crippen LogP contribution in [0.3, 0.4) is 0 Å². The van der Waals surface area contributed by atoms with Crippen LogP contribution in [0.15, 0.2) is 47.5 Å². The topological polar surface area (TPSA) is 40.5 Å². The highest BCUT2D eigenvalue weighted by atomic mass is 19.4. The minimum absolute atomic E-state index is 0.0900. The third kappa shape index (κ3) is 6.34.